The molecular weight excluding hydrogens is 202 g/mol. The standard InChI is InChI=1S/C10H16ClNO2/c1-8-4-2-6-12(7-3-5-11)9(8)10(13)14/h3,5,8-9H,2,4,6-7H2,1H3,(H,13,14)/b5-3+. The Balaban J connectivity index is 2.64. The third-order valence-corrected chi connectivity index (χ3v) is 2.90. The highest BCUT2D eigenvalue weighted by molar-refractivity contribution is 6.25. The highest BCUT2D eigenvalue weighted by Gasteiger charge is 2.33. The zero-order valence-electron chi connectivity index (χ0n) is 8.32. The predicted molar refractivity (Wildman–Crippen MR) is 56.4 cm³/mol. The molecule has 0 aliphatic carbocycles. The van der Waals surface area contributed by atoms with Crippen LogP contribution in [0.25, 0.3) is 0 Å². The fraction of sp³-hybridized carbons (Fsp3) is 0.700. The summed E-state index contributed by atoms with van der Waals surface area (Å²) in [5, 5.41) is 9.08. The van der Waals surface area contributed by atoms with Crippen molar-refractivity contribution in [2.24, 2.45) is 5.92 Å². The smallest absolute Gasteiger partial charge is 0.321 e. The maximum atomic E-state index is 11.0. The first-order valence-corrected chi connectivity index (χ1v) is 5.32. The summed E-state index contributed by atoms with van der Waals surface area (Å²) >= 11 is 5.43. The molecule has 1 saturated heterocycles. The monoisotopic (exact) mass is 217 g/mol. The Morgan fingerprint density at radius 3 is 3.00 bits per heavy atom. The van der Waals surface area contributed by atoms with Gasteiger partial charge in [-0.2, -0.15) is 0 Å². The molecule has 1 aliphatic heterocycles. The van der Waals surface area contributed by atoms with Crippen LogP contribution in [0.4, 0.5) is 0 Å². The number of rotatable bonds is 3. The Bertz CT molecular complexity index is 230. The topological polar surface area (TPSA) is 40.5 Å². The van der Waals surface area contributed by atoms with Gasteiger partial charge < -0.3 is 5.11 Å². The minimum Gasteiger partial charge on any atom is -0.480 e. The van der Waals surface area contributed by atoms with Crippen molar-refractivity contribution in [3.8, 4) is 0 Å². The van der Waals surface area contributed by atoms with Crippen molar-refractivity contribution >= 4 is 17.6 Å². The number of carboxylic acids is 1. The number of likely N-dealkylation sites (tertiary alicyclic amines) is 1. The summed E-state index contributed by atoms with van der Waals surface area (Å²) < 4.78 is 0. The number of piperidine rings is 1. The number of carbonyl (C=O) groups is 1. The van der Waals surface area contributed by atoms with Crippen LogP contribution in [0.2, 0.25) is 0 Å². The van der Waals surface area contributed by atoms with E-state index in [1.165, 1.54) is 5.54 Å². The van der Waals surface area contributed by atoms with Crippen molar-refractivity contribution in [2.45, 2.75) is 25.8 Å². The molecule has 2 atom stereocenters. The van der Waals surface area contributed by atoms with Crippen LogP contribution in [0.15, 0.2) is 11.6 Å². The number of halogens is 1. The molecule has 4 heteroatoms. The molecular formula is C10H16ClNO2. The van der Waals surface area contributed by atoms with Crippen LogP contribution < -0.4 is 0 Å². The molecule has 0 bridgehead atoms. The second kappa shape index (κ2) is 5.37. The van der Waals surface area contributed by atoms with E-state index in [4.69, 9.17) is 16.7 Å². The Kier molecular flexibility index (Phi) is 4.42. The Labute approximate surface area is 89.3 Å². The lowest BCUT2D eigenvalue weighted by molar-refractivity contribution is -0.146. The molecule has 14 heavy (non-hydrogen) atoms. The molecule has 0 aromatic carbocycles. The molecule has 3 nitrogen and oxygen atoms in total. The van der Waals surface area contributed by atoms with Crippen LogP contribution >= 0.6 is 11.6 Å². The zero-order valence-corrected chi connectivity index (χ0v) is 9.07. The van der Waals surface area contributed by atoms with Gasteiger partial charge in [0, 0.05) is 12.1 Å². The third-order valence-electron chi connectivity index (χ3n) is 2.72. The summed E-state index contributed by atoms with van der Waals surface area (Å²) in [4.78, 5) is 13.0. The van der Waals surface area contributed by atoms with Gasteiger partial charge in [-0.25, -0.2) is 0 Å². The van der Waals surface area contributed by atoms with Gasteiger partial charge in [-0.15, -0.1) is 0 Å². The van der Waals surface area contributed by atoms with Gasteiger partial charge >= 0.3 is 5.97 Å². The maximum Gasteiger partial charge on any atom is 0.321 e. The normalized spacial score (nSPS) is 29.6. The highest BCUT2D eigenvalue weighted by atomic mass is 35.5. The minimum atomic E-state index is -0.722. The molecule has 1 fully saturated rings. The van der Waals surface area contributed by atoms with E-state index in [0.717, 1.165) is 19.4 Å². The Hall–Kier alpha value is -0.540. The molecule has 0 aromatic heterocycles. The summed E-state index contributed by atoms with van der Waals surface area (Å²) in [7, 11) is 0. The van der Waals surface area contributed by atoms with Crippen LogP contribution in [0, 0.1) is 5.92 Å². The number of hydrogen-bond acceptors (Lipinski definition) is 2. The van der Waals surface area contributed by atoms with Gasteiger partial charge in [0.25, 0.3) is 0 Å². The van der Waals surface area contributed by atoms with E-state index in [9.17, 15) is 4.79 Å². The van der Waals surface area contributed by atoms with E-state index >= 15 is 0 Å². The molecule has 1 heterocycles. The average molecular weight is 218 g/mol. The lowest BCUT2D eigenvalue weighted by Crippen LogP contribution is -2.49. The number of aliphatic carboxylic acids is 1. The van der Waals surface area contributed by atoms with Gasteiger partial charge in [0.1, 0.15) is 6.04 Å². The van der Waals surface area contributed by atoms with Crippen molar-refractivity contribution in [3.63, 3.8) is 0 Å². The van der Waals surface area contributed by atoms with Gasteiger partial charge in [-0.05, 0) is 25.3 Å². The Morgan fingerprint density at radius 2 is 2.43 bits per heavy atom. The number of carboxylic acid groups (broad SMARTS) is 1. The second-order valence-corrected chi connectivity index (χ2v) is 4.01. The minimum absolute atomic E-state index is 0.227. The molecule has 1 rings (SSSR count). The molecule has 0 spiro atoms. The number of nitrogens with zero attached hydrogens (tertiary/aromatic N) is 1. The van der Waals surface area contributed by atoms with E-state index in [1.54, 1.807) is 6.08 Å². The van der Waals surface area contributed by atoms with Gasteiger partial charge in [0.05, 0.1) is 0 Å². The molecule has 2 unspecified atom stereocenters. The summed E-state index contributed by atoms with van der Waals surface area (Å²) in [5.41, 5.74) is 1.44. The van der Waals surface area contributed by atoms with Crippen molar-refractivity contribution in [3.05, 3.63) is 11.6 Å². The highest BCUT2D eigenvalue weighted by Crippen LogP contribution is 2.23. The van der Waals surface area contributed by atoms with Gasteiger partial charge in [0.2, 0.25) is 0 Å². The van der Waals surface area contributed by atoms with Crippen LogP contribution in [-0.2, 0) is 4.79 Å². The molecule has 0 radical (unpaired) electrons. The van der Waals surface area contributed by atoms with E-state index in [1.807, 2.05) is 11.8 Å². The molecule has 1 aliphatic rings. The summed E-state index contributed by atoms with van der Waals surface area (Å²) in [6.07, 6.45) is 3.86. The fourth-order valence-corrected chi connectivity index (χ4v) is 2.13. The van der Waals surface area contributed by atoms with E-state index < -0.39 is 5.97 Å². The predicted octanol–water partition coefficient (Wildman–Crippen LogP) is 1.92. The van der Waals surface area contributed by atoms with Gasteiger partial charge in [-0.3, -0.25) is 9.69 Å². The largest absolute Gasteiger partial charge is 0.480 e. The molecule has 0 amide bonds. The third kappa shape index (κ3) is 2.72. The second-order valence-electron chi connectivity index (χ2n) is 3.76. The SMILES string of the molecule is CC1CCCN(C/C=C/Cl)C1C(=O)O. The van der Waals surface area contributed by atoms with Crippen LogP contribution in [-0.4, -0.2) is 35.1 Å². The first-order chi connectivity index (χ1) is 6.66. The van der Waals surface area contributed by atoms with E-state index in [-0.39, 0.29) is 12.0 Å². The maximum absolute atomic E-state index is 11.0. The van der Waals surface area contributed by atoms with Crippen LogP contribution in [0.3, 0.4) is 0 Å². The molecule has 1 N–H and O–H groups in total. The quantitative estimate of drug-likeness (QED) is 0.786. The number of hydrogen-bond donors (Lipinski definition) is 1. The average Bonchev–Trinajstić information content (AvgIpc) is 2.14. The van der Waals surface area contributed by atoms with Crippen molar-refractivity contribution in [1.82, 2.24) is 4.90 Å². The summed E-state index contributed by atoms with van der Waals surface area (Å²) in [5.74, 6) is -0.495. The van der Waals surface area contributed by atoms with Crippen LogP contribution in [0.5, 0.6) is 0 Å². The first-order valence-electron chi connectivity index (χ1n) is 4.89. The van der Waals surface area contributed by atoms with E-state index in [0.29, 0.717) is 6.54 Å². The lowest BCUT2D eigenvalue weighted by Gasteiger charge is -2.36. The lowest BCUT2D eigenvalue weighted by atomic mass is 9.91. The molecule has 0 saturated carbocycles. The van der Waals surface area contributed by atoms with Crippen LogP contribution in [0.1, 0.15) is 19.8 Å². The summed E-state index contributed by atoms with van der Waals surface area (Å²) in [6.45, 7) is 3.47. The first kappa shape index (κ1) is 11.5. The van der Waals surface area contributed by atoms with Crippen molar-refractivity contribution in [1.29, 1.82) is 0 Å². The van der Waals surface area contributed by atoms with Crippen molar-refractivity contribution in [2.75, 3.05) is 13.1 Å². The zero-order chi connectivity index (χ0) is 10.6. The van der Waals surface area contributed by atoms with Gasteiger partial charge in [-0.1, -0.05) is 24.6 Å². The van der Waals surface area contributed by atoms with E-state index in [2.05, 4.69) is 0 Å². The fourth-order valence-electron chi connectivity index (χ4n) is 2.05. The Morgan fingerprint density at radius 1 is 1.71 bits per heavy atom. The summed E-state index contributed by atoms with van der Waals surface area (Å²) in [6, 6.07) is -0.350. The van der Waals surface area contributed by atoms with Gasteiger partial charge in [0.15, 0.2) is 0 Å². The molecule has 80 valence electrons. The molecule has 0 aromatic rings. The van der Waals surface area contributed by atoms with Crippen molar-refractivity contribution < 1.29 is 9.90 Å².